The highest BCUT2D eigenvalue weighted by Crippen LogP contribution is 2.27. The zero-order valence-corrected chi connectivity index (χ0v) is 16.7. The molecule has 1 heterocycles. The van der Waals surface area contributed by atoms with Crippen molar-refractivity contribution in [1.82, 2.24) is 0 Å². The normalized spacial score (nSPS) is 16.4. The number of benzene rings is 2. The van der Waals surface area contributed by atoms with Gasteiger partial charge < -0.3 is 11.1 Å². The highest BCUT2D eigenvalue weighted by Gasteiger charge is 2.35. The summed E-state index contributed by atoms with van der Waals surface area (Å²) in [5, 5.41) is 13.6. The van der Waals surface area contributed by atoms with Gasteiger partial charge in [-0.1, -0.05) is 18.2 Å². The number of sulfonamides is 1. The van der Waals surface area contributed by atoms with E-state index in [9.17, 15) is 18.0 Å². The second-order valence-corrected chi connectivity index (χ2v) is 8.32. The largest absolute Gasteiger partial charge is 0.368 e. The molecule has 2 aromatic rings. The van der Waals surface area contributed by atoms with Crippen LogP contribution in [0.5, 0.6) is 0 Å². The third-order valence-electron chi connectivity index (χ3n) is 4.74. The molecule has 29 heavy (non-hydrogen) atoms. The summed E-state index contributed by atoms with van der Waals surface area (Å²) >= 11 is 0. The number of rotatable bonds is 5. The number of amides is 2. The van der Waals surface area contributed by atoms with Crippen molar-refractivity contribution in [3.8, 4) is 0 Å². The molecule has 0 saturated carbocycles. The average molecular weight is 415 g/mol. The van der Waals surface area contributed by atoms with Gasteiger partial charge >= 0.3 is 0 Å². The van der Waals surface area contributed by atoms with Gasteiger partial charge in [-0.2, -0.15) is 5.10 Å². The number of carbonyl (C=O) groups is 2. The molecule has 0 bridgehead atoms. The zero-order chi connectivity index (χ0) is 21.3. The van der Waals surface area contributed by atoms with Gasteiger partial charge in [0.2, 0.25) is 15.9 Å². The molecule has 0 unspecified atom stereocenters. The van der Waals surface area contributed by atoms with E-state index in [2.05, 4.69) is 10.4 Å². The van der Waals surface area contributed by atoms with Crippen LogP contribution in [0.15, 0.2) is 52.5 Å². The summed E-state index contributed by atoms with van der Waals surface area (Å²) in [5.74, 6) is -1.16. The minimum absolute atomic E-state index is 0.0307. The second kappa shape index (κ2) is 7.64. The van der Waals surface area contributed by atoms with Gasteiger partial charge in [0, 0.05) is 12.1 Å². The van der Waals surface area contributed by atoms with Gasteiger partial charge in [0.15, 0.2) is 0 Å². The van der Waals surface area contributed by atoms with Gasteiger partial charge in [0.25, 0.3) is 5.91 Å². The molecular weight excluding hydrogens is 394 g/mol. The van der Waals surface area contributed by atoms with Gasteiger partial charge in [-0.05, 0) is 49.2 Å². The highest BCUT2D eigenvalue weighted by molar-refractivity contribution is 7.89. The molecule has 5 N–H and O–H groups in total. The fourth-order valence-corrected chi connectivity index (χ4v) is 3.63. The van der Waals surface area contributed by atoms with Crippen LogP contribution >= 0.6 is 0 Å². The number of nitrogens with zero attached hydrogens (tertiary/aromatic N) is 2. The first-order chi connectivity index (χ1) is 13.6. The number of hydrogen-bond donors (Lipinski definition) is 3. The first-order valence-electron chi connectivity index (χ1n) is 8.74. The Kier molecular flexibility index (Phi) is 5.40. The van der Waals surface area contributed by atoms with Crippen molar-refractivity contribution in [2.24, 2.45) is 16.0 Å². The molecule has 3 rings (SSSR count). The Balaban J connectivity index is 1.92. The van der Waals surface area contributed by atoms with Gasteiger partial charge in [-0.3, -0.25) is 14.6 Å². The summed E-state index contributed by atoms with van der Waals surface area (Å²) in [6, 6.07) is 10.8. The summed E-state index contributed by atoms with van der Waals surface area (Å²) in [4.78, 5) is 24.5. The van der Waals surface area contributed by atoms with Crippen LogP contribution in [-0.4, -0.2) is 32.0 Å². The molecule has 0 aliphatic carbocycles. The summed E-state index contributed by atoms with van der Waals surface area (Å²) in [7, 11) is -3.94. The van der Waals surface area contributed by atoms with Crippen molar-refractivity contribution < 1.29 is 18.0 Å². The number of anilines is 2. The van der Waals surface area contributed by atoms with E-state index in [1.54, 1.807) is 38.1 Å². The third kappa shape index (κ3) is 4.28. The molecule has 9 nitrogen and oxygen atoms in total. The van der Waals surface area contributed by atoms with Crippen molar-refractivity contribution in [3.63, 3.8) is 0 Å². The van der Waals surface area contributed by atoms with Crippen LogP contribution in [0.3, 0.4) is 0 Å². The van der Waals surface area contributed by atoms with E-state index >= 15 is 0 Å². The highest BCUT2D eigenvalue weighted by atomic mass is 32.2. The molecule has 0 fully saturated rings. The van der Waals surface area contributed by atoms with E-state index in [0.29, 0.717) is 22.5 Å². The molecule has 152 valence electrons. The van der Waals surface area contributed by atoms with Gasteiger partial charge in [-0.25, -0.2) is 13.6 Å². The van der Waals surface area contributed by atoms with Crippen LogP contribution in [-0.2, 0) is 19.6 Å². The molecule has 2 amide bonds. The number of nitrogens with one attached hydrogen (secondary N) is 1. The standard InChI is InChI=1S/C19H21N5O4S/c1-11-8-14(29(21,27)28)9-15(12(11)2)22-19(26)16-10-17(18(20)25)24(23-16)13-6-4-3-5-7-13/h3-9,17H,10H2,1-2H3,(H2,20,25)(H,22,26)(H2,21,27,28)/t17-/m0/s1. The number of hydrazone groups is 1. The number of carbonyl (C=O) groups excluding carboxylic acids is 2. The molecule has 1 aliphatic rings. The van der Waals surface area contributed by atoms with Crippen molar-refractivity contribution in [2.75, 3.05) is 10.3 Å². The molecule has 0 aromatic heterocycles. The lowest BCUT2D eigenvalue weighted by atomic mass is 10.1. The number of primary sulfonamides is 1. The Bertz CT molecular complexity index is 1110. The summed E-state index contributed by atoms with van der Waals surface area (Å²) in [6.45, 7) is 3.46. The average Bonchev–Trinajstić information content (AvgIpc) is 3.11. The topological polar surface area (TPSA) is 148 Å². The van der Waals surface area contributed by atoms with Crippen molar-refractivity contribution in [1.29, 1.82) is 0 Å². The van der Waals surface area contributed by atoms with Gasteiger partial charge in [0.1, 0.15) is 11.8 Å². The van der Waals surface area contributed by atoms with Crippen LogP contribution in [0.25, 0.3) is 0 Å². The van der Waals surface area contributed by atoms with Gasteiger partial charge in [0.05, 0.1) is 10.6 Å². The Labute approximate surface area is 168 Å². The first-order valence-corrected chi connectivity index (χ1v) is 10.3. The Hall–Kier alpha value is -3.24. The number of aryl methyl sites for hydroxylation is 1. The maximum absolute atomic E-state index is 12.8. The third-order valence-corrected chi connectivity index (χ3v) is 5.63. The van der Waals surface area contributed by atoms with Gasteiger partial charge in [-0.15, -0.1) is 0 Å². The Morgan fingerprint density at radius 3 is 2.41 bits per heavy atom. The van der Waals surface area contributed by atoms with E-state index in [4.69, 9.17) is 10.9 Å². The summed E-state index contributed by atoms with van der Waals surface area (Å²) < 4.78 is 23.4. The maximum Gasteiger partial charge on any atom is 0.271 e. The van der Waals surface area contributed by atoms with Crippen molar-refractivity contribution in [3.05, 3.63) is 53.6 Å². The number of para-hydroxylation sites is 1. The van der Waals surface area contributed by atoms with Crippen LogP contribution in [0.1, 0.15) is 17.5 Å². The minimum atomic E-state index is -3.94. The number of primary amides is 1. The molecule has 2 aromatic carbocycles. The van der Waals surface area contributed by atoms with Crippen molar-refractivity contribution in [2.45, 2.75) is 31.2 Å². The fraction of sp³-hybridized carbons (Fsp3) is 0.211. The fourth-order valence-electron chi connectivity index (χ4n) is 3.00. The second-order valence-electron chi connectivity index (χ2n) is 6.76. The molecule has 1 atom stereocenters. The van der Waals surface area contributed by atoms with E-state index in [1.165, 1.54) is 17.1 Å². The lowest BCUT2D eigenvalue weighted by molar-refractivity contribution is -0.119. The lowest BCUT2D eigenvalue weighted by Crippen LogP contribution is -2.39. The SMILES string of the molecule is Cc1cc(S(N)(=O)=O)cc(NC(=O)C2=NN(c3ccccc3)[C@H](C(N)=O)C2)c1C. The summed E-state index contributed by atoms with van der Waals surface area (Å²) in [6.07, 6.45) is 0.0307. The molecule has 1 aliphatic heterocycles. The van der Waals surface area contributed by atoms with Crippen LogP contribution in [0.2, 0.25) is 0 Å². The monoisotopic (exact) mass is 415 g/mol. The Morgan fingerprint density at radius 1 is 1.17 bits per heavy atom. The lowest BCUT2D eigenvalue weighted by Gasteiger charge is -2.20. The maximum atomic E-state index is 12.8. The van der Waals surface area contributed by atoms with Crippen LogP contribution < -0.4 is 21.2 Å². The quantitative estimate of drug-likeness (QED) is 0.666. The molecular formula is C19H21N5O4S. The summed E-state index contributed by atoms with van der Waals surface area (Å²) in [5.41, 5.74) is 7.87. The van der Waals surface area contributed by atoms with E-state index in [0.717, 1.165) is 0 Å². The molecule has 0 saturated heterocycles. The number of hydrogen-bond acceptors (Lipinski definition) is 6. The smallest absolute Gasteiger partial charge is 0.271 e. The predicted molar refractivity (Wildman–Crippen MR) is 110 cm³/mol. The van der Waals surface area contributed by atoms with E-state index < -0.39 is 27.9 Å². The number of nitrogens with two attached hydrogens (primary N) is 2. The molecule has 10 heteroatoms. The predicted octanol–water partition coefficient (Wildman–Crippen LogP) is 1.01. The molecule has 0 spiro atoms. The van der Waals surface area contributed by atoms with Crippen LogP contribution in [0, 0.1) is 13.8 Å². The van der Waals surface area contributed by atoms with E-state index in [-0.39, 0.29) is 17.0 Å². The zero-order valence-electron chi connectivity index (χ0n) is 15.9. The minimum Gasteiger partial charge on any atom is -0.368 e. The Morgan fingerprint density at radius 2 is 1.83 bits per heavy atom. The van der Waals surface area contributed by atoms with E-state index in [1.807, 2.05) is 6.07 Å². The first kappa shape index (κ1) is 20.5. The van der Waals surface area contributed by atoms with Crippen molar-refractivity contribution >= 4 is 38.9 Å². The molecule has 0 radical (unpaired) electrons. The van der Waals surface area contributed by atoms with Crippen LogP contribution in [0.4, 0.5) is 11.4 Å².